The first-order valence-electron chi connectivity index (χ1n) is 6.36. The van der Waals surface area contributed by atoms with Crippen LogP contribution in [-0.2, 0) is 9.53 Å². The molecule has 18 heavy (non-hydrogen) atoms. The molecular weight excluding hydrogens is 242 g/mol. The van der Waals surface area contributed by atoms with Crippen LogP contribution in [0, 0.1) is 11.8 Å². The van der Waals surface area contributed by atoms with Crippen LogP contribution >= 0.6 is 0 Å². The van der Waals surface area contributed by atoms with Gasteiger partial charge in [0.15, 0.2) is 0 Å². The molecule has 0 radical (unpaired) electrons. The Kier molecular flexibility index (Phi) is 4.70. The number of hydrogen-bond donors (Lipinski definition) is 1. The van der Waals surface area contributed by atoms with Gasteiger partial charge in [0.2, 0.25) is 5.92 Å². The second kappa shape index (κ2) is 5.51. The maximum absolute atomic E-state index is 13.4. The Morgan fingerprint density at radius 1 is 1.39 bits per heavy atom. The molecule has 0 aromatic carbocycles. The van der Waals surface area contributed by atoms with Gasteiger partial charge in [-0.2, -0.15) is 0 Å². The summed E-state index contributed by atoms with van der Waals surface area (Å²) in [6.45, 7) is 5.06. The van der Waals surface area contributed by atoms with Crippen LogP contribution in [0.25, 0.3) is 0 Å². The molecule has 1 saturated carbocycles. The predicted molar refractivity (Wildman–Crippen MR) is 63.3 cm³/mol. The Hall–Kier alpha value is -0.710. The molecule has 0 spiro atoms. The molecule has 2 atom stereocenters. The summed E-state index contributed by atoms with van der Waals surface area (Å²) in [5.74, 6) is -3.80. The molecule has 1 fully saturated rings. The van der Waals surface area contributed by atoms with E-state index in [4.69, 9.17) is 9.84 Å². The molecule has 0 amide bonds. The number of alkyl halides is 2. The Morgan fingerprint density at radius 3 is 2.50 bits per heavy atom. The molecule has 1 aliphatic rings. The molecule has 106 valence electrons. The number of halogens is 2. The van der Waals surface area contributed by atoms with Crippen molar-refractivity contribution in [3.05, 3.63) is 0 Å². The van der Waals surface area contributed by atoms with Crippen molar-refractivity contribution < 1.29 is 23.4 Å². The minimum atomic E-state index is -2.79. The molecule has 0 unspecified atom stereocenters. The molecular formula is C13H22F2O3. The molecule has 0 aliphatic heterocycles. The highest BCUT2D eigenvalue weighted by molar-refractivity contribution is 5.76. The average molecular weight is 264 g/mol. The van der Waals surface area contributed by atoms with Gasteiger partial charge in [-0.3, -0.25) is 4.79 Å². The first-order chi connectivity index (χ1) is 8.14. The smallest absolute Gasteiger partial charge is 0.309 e. The van der Waals surface area contributed by atoms with E-state index < -0.39 is 11.5 Å². The largest absolute Gasteiger partial charge is 0.460 e. The number of carbonyl (C=O) groups is 1. The molecule has 5 heteroatoms. The maximum atomic E-state index is 13.4. The minimum absolute atomic E-state index is 0.0941. The lowest BCUT2D eigenvalue weighted by Crippen LogP contribution is -2.26. The summed E-state index contributed by atoms with van der Waals surface area (Å²) in [5, 5.41) is 8.54. The van der Waals surface area contributed by atoms with Gasteiger partial charge in [-0.05, 0) is 39.5 Å². The van der Waals surface area contributed by atoms with E-state index in [0.29, 0.717) is 6.42 Å². The Morgan fingerprint density at radius 2 is 2.00 bits per heavy atom. The lowest BCUT2D eigenvalue weighted by Gasteiger charge is -2.20. The highest BCUT2D eigenvalue weighted by Gasteiger charge is 2.49. The first-order valence-corrected chi connectivity index (χ1v) is 6.36. The van der Waals surface area contributed by atoms with Gasteiger partial charge in [0.05, 0.1) is 5.92 Å². The molecule has 0 aromatic rings. The van der Waals surface area contributed by atoms with Crippen molar-refractivity contribution in [3.63, 3.8) is 0 Å². The van der Waals surface area contributed by atoms with E-state index in [1.54, 1.807) is 20.8 Å². The molecule has 1 aliphatic carbocycles. The molecule has 1 rings (SSSR count). The zero-order valence-electron chi connectivity index (χ0n) is 11.2. The standard InChI is InChI=1S/C13H22F2O3/c1-12(2,3)18-11(17)10-7-9(10)8-13(14,15)5-4-6-16/h9-10,16H,4-8H2,1-3H3/t9-,10-/m1/s1. The fraction of sp³-hybridized carbons (Fsp3) is 0.923. The summed E-state index contributed by atoms with van der Waals surface area (Å²) in [6.07, 6.45) is -0.0155. The summed E-state index contributed by atoms with van der Waals surface area (Å²) in [4.78, 5) is 11.6. The summed E-state index contributed by atoms with van der Waals surface area (Å²) in [6, 6.07) is 0. The van der Waals surface area contributed by atoms with Crippen molar-refractivity contribution in [1.29, 1.82) is 0 Å². The number of hydrogen-bond acceptors (Lipinski definition) is 3. The van der Waals surface area contributed by atoms with Crippen molar-refractivity contribution in [2.45, 2.75) is 58.0 Å². The van der Waals surface area contributed by atoms with Crippen molar-refractivity contribution in [1.82, 2.24) is 0 Å². The lowest BCUT2D eigenvalue weighted by molar-refractivity contribution is -0.157. The lowest BCUT2D eigenvalue weighted by atomic mass is 10.1. The number of ether oxygens (including phenoxy) is 1. The molecule has 0 bridgehead atoms. The van der Waals surface area contributed by atoms with Crippen LogP contribution in [0.5, 0.6) is 0 Å². The normalized spacial score (nSPS) is 23.9. The highest BCUT2D eigenvalue weighted by Crippen LogP contribution is 2.47. The summed E-state index contributed by atoms with van der Waals surface area (Å²) < 4.78 is 32.0. The Labute approximate surface area is 107 Å². The third kappa shape index (κ3) is 5.29. The highest BCUT2D eigenvalue weighted by atomic mass is 19.3. The number of esters is 1. The summed E-state index contributed by atoms with van der Waals surface area (Å²) in [7, 11) is 0. The monoisotopic (exact) mass is 264 g/mol. The maximum Gasteiger partial charge on any atom is 0.309 e. The SMILES string of the molecule is CC(C)(C)OC(=O)[C@@H]1C[C@@H]1CC(F)(F)CCCO. The van der Waals surface area contributed by atoms with Crippen molar-refractivity contribution in [2.24, 2.45) is 11.8 Å². The summed E-state index contributed by atoms with van der Waals surface area (Å²) >= 11 is 0. The fourth-order valence-corrected chi connectivity index (χ4v) is 1.96. The number of carbonyl (C=O) groups excluding carboxylic acids is 1. The van der Waals surface area contributed by atoms with Gasteiger partial charge in [0.1, 0.15) is 5.60 Å². The second-order valence-electron chi connectivity index (χ2n) is 6.02. The first kappa shape index (κ1) is 15.3. The van der Waals surface area contributed by atoms with Crippen molar-refractivity contribution >= 4 is 5.97 Å². The van der Waals surface area contributed by atoms with Gasteiger partial charge >= 0.3 is 5.97 Å². The van der Waals surface area contributed by atoms with E-state index in [9.17, 15) is 13.6 Å². The van der Waals surface area contributed by atoms with Gasteiger partial charge in [0, 0.05) is 19.4 Å². The van der Waals surface area contributed by atoms with Gasteiger partial charge in [0.25, 0.3) is 0 Å². The zero-order chi connectivity index (χ0) is 14.0. The van der Waals surface area contributed by atoms with E-state index in [1.807, 2.05) is 0 Å². The fourth-order valence-electron chi connectivity index (χ4n) is 1.96. The number of aliphatic hydroxyl groups is 1. The van der Waals surface area contributed by atoms with E-state index in [0.717, 1.165) is 0 Å². The Bertz CT molecular complexity index is 297. The predicted octanol–water partition coefficient (Wildman–Crippen LogP) is 2.76. The summed E-state index contributed by atoms with van der Waals surface area (Å²) in [5.41, 5.74) is -0.566. The number of rotatable bonds is 6. The van der Waals surface area contributed by atoms with Gasteiger partial charge in [-0.25, -0.2) is 8.78 Å². The third-order valence-corrected chi connectivity index (χ3v) is 2.89. The van der Waals surface area contributed by atoms with Crippen molar-refractivity contribution in [2.75, 3.05) is 6.61 Å². The minimum Gasteiger partial charge on any atom is -0.460 e. The topological polar surface area (TPSA) is 46.5 Å². The van der Waals surface area contributed by atoms with E-state index in [-0.39, 0.29) is 43.7 Å². The van der Waals surface area contributed by atoms with Crippen molar-refractivity contribution in [3.8, 4) is 0 Å². The molecule has 0 heterocycles. The van der Waals surface area contributed by atoms with Crippen LogP contribution in [0.4, 0.5) is 8.78 Å². The van der Waals surface area contributed by atoms with E-state index in [1.165, 1.54) is 0 Å². The van der Waals surface area contributed by atoms with Crippen LogP contribution in [0.2, 0.25) is 0 Å². The Balaban J connectivity index is 2.34. The molecule has 3 nitrogen and oxygen atoms in total. The third-order valence-electron chi connectivity index (χ3n) is 2.89. The molecule has 0 aromatic heterocycles. The molecule has 1 N–H and O–H groups in total. The number of aliphatic hydroxyl groups excluding tert-OH is 1. The quantitative estimate of drug-likeness (QED) is 0.750. The van der Waals surface area contributed by atoms with Crippen LogP contribution in [0.3, 0.4) is 0 Å². The van der Waals surface area contributed by atoms with E-state index in [2.05, 4.69) is 0 Å². The van der Waals surface area contributed by atoms with Crippen LogP contribution in [0.15, 0.2) is 0 Å². The van der Waals surface area contributed by atoms with Gasteiger partial charge in [-0.15, -0.1) is 0 Å². The van der Waals surface area contributed by atoms with Crippen LogP contribution in [-0.4, -0.2) is 29.2 Å². The zero-order valence-corrected chi connectivity index (χ0v) is 11.2. The van der Waals surface area contributed by atoms with Crippen LogP contribution in [0.1, 0.15) is 46.5 Å². The second-order valence-corrected chi connectivity index (χ2v) is 6.02. The van der Waals surface area contributed by atoms with E-state index >= 15 is 0 Å². The van der Waals surface area contributed by atoms with Crippen LogP contribution < -0.4 is 0 Å². The average Bonchev–Trinajstić information content (AvgIpc) is 2.91. The van der Waals surface area contributed by atoms with Gasteiger partial charge in [-0.1, -0.05) is 0 Å². The molecule has 0 saturated heterocycles. The van der Waals surface area contributed by atoms with Gasteiger partial charge < -0.3 is 9.84 Å².